The molecule has 0 aromatic heterocycles. The van der Waals surface area contributed by atoms with Crippen LogP contribution in [0.3, 0.4) is 0 Å². The Hall–Kier alpha value is -1.09. The number of rotatable bonds is 3. The van der Waals surface area contributed by atoms with Crippen LogP contribution in [0.25, 0.3) is 0 Å². The largest absolute Gasteiger partial charge is 0.294 e. The van der Waals surface area contributed by atoms with E-state index in [0.29, 0.717) is 11.1 Å². The maximum atomic E-state index is 12.2. The lowest BCUT2D eigenvalue weighted by Crippen LogP contribution is -2.14. The predicted octanol–water partition coefficient (Wildman–Crippen LogP) is 3.13. The zero-order valence-electron chi connectivity index (χ0n) is 8.98. The molecule has 0 aliphatic heterocycles. The minimum absolute atomic E-state index is 0.105. The maximum Gasteiger partial charge on any atom is 0.217 e. The summed E-state index contributed by atoms with van der Waals surface area (Å²) in [6.45, 7) is 0. The molecular weight excluding hydrogens is 220 g/mol. The molecule has 0 amide bonds. The van der Waals surface area contributed by atoms with Gasteiger partial charge in [-0.2, -0.15) is 0 Å². The molecule has 0 atom stereocenters. The Morgan fingerprint density at radius 3 is 2.19 bits per heavy atom. The summed E-state index contributed by atoms with van der Waals surface area (Å²) in [5, 5.41) is -0.332. The van der Waals surface area contributed by atoms with E-state index in [1.807, 2.05) is 0 Å². The molecule has 0 N–H and O–H groups in total. The van der Waals surface area contributed by atoms with Crippen molar-refractivity contribution in [1.82, 2.24) is 0 Å². The van der Waals surface area contributed by atoms with E-state index in [1.165, 1.54) is 0 Å². The van der Waals surface area contributed by atoms with Gasteiger partial charge in [0.1, 0.15) is 0 Å². The second-order valence-corrected chi connectivity index (χ2v) is 4.60. The lowest BCUT2D eigenvalue weighted by atomic mass is 9.93. The standard InChI is InChI=1S/C13H14O2S/c14-12(9-5-1-2-6-9)10-7-3-4-8-11(10)13(15)16/h3-4,7-9H,1-2,5-6H2,(H,15,16). The molecule has 2 rings (SSSR count). The van der Waals surface area contributed by atoms with Gasteiger partial charge in [0.25, 0.3) is 0 Å². The molecule has 3 heteroatoms. The van der Waals surface area contributed by atoms with Gasteiger partial charge in [-0.3, -0.25) is 9.59 Å². The Bertz CT molecular complexity index is 420. The Morgan fingerprint density at radius 2 is 1.62 bits per heavy atom. The van der Waals surface area contributed by atoms with E-state index in [1.54, 1.807) is 24.3 Å². The molecule has 1 aromatic rings. The van der Waals surface area contributed by atoms with Crippen LogP contribution in [-0.2, 0) is 0 Å². The lowest BCUT2D eigenvalue weighted by molar-refractivity contribution is 0.0917. The van der Waals surface area contributed by atoms with Crippen molar-refractivity contribution in [2.45, 2.75) is 25.7 Å². The minimum Gasteiger partial charge on any atom is -0.294 e. The van der Waals surface area contributed by atoms with Crippen molar-refractivity contribution in [3.8, 4) is 0 Å². The zero-order chi connectivity index (χ0) is 11.5. The molecule has 0 radical (unpaired) electrons. The number of ketones is 1. The average molecular weight is 234 g/mol. The number of hydrogen-bond acceptors (Lipinski definition) is 2. The van der Waals surface area contributed by atoms with Gasteiger partial charge in [0, 0.05) is 17.0 Å². The average Bonchev–Trinajstić information content (AvgIpc) is 2.81. The van der Waals surface area contributed by atoms with Crippen LogP contribution >= 0.6 is 12.6 Å². The maximum absolute atomic E-state index is 12.2. The molecule has 16 heavy (non-hydrogen) atoms. The summed E-state index contributed by atoms with van der Waals surface area (Å²) in [7, 11) is 0. The van der Waals surface area contributed by atoms with Crippen molar-refractivity contribution in [3.63, 3.8) is 0 Å². The first-order valence-electron chi connectivity index (χ1n) is 5.56. The van der Waals surface area contributed by atoms with Gasteiger partial charge in [-0.1, -0.05) is 31.0 Å². The number of benzene rings is 1. The molecule has 84 valence electrons. The van der Waals surface area contributed by atoms with Crippen LogP contribution in [0.4, 0.5) is 0 Å². The van der Waals surface area contributed by atoms with Crippen molar-refractivity contribution in [2.75, 3.05) is 0 Å². The van der Waals surface area contributed by atoms with Crippen LogP contribution in [-0.4, -0.2) is 10.9 Å². The molecule has 0 spiro atoms. The van der Waals surface area contributed by atoms with Crippen molar-refractivity contribution in [3.05, 3.63) is 35.4 Å². The number of carbonyl (C=O) groups excluding carboxylic acids is 2. The second-order valence-electron chi connectivity index (χ2n) is 4.20. The Balaban J connectivity index is 2.32. The third-order valence-corrected chi connectivity index (χ3v) is 3.39. The highest BCUT2D eigenvalue weighted by atomic mass is 32.1. The molecule has 1 aliphatic carbocycles. The summed E-state index contributed by atoms with van der Waals surface area (Å²) >= 11 is 3.80. The molecular formula is C13H14O2S. The highest BCUT2D eigenvalue weighted by Gasteiger charge is 2.26. The van der Waals surface area contributed by atoms with Gasteiger partial charge in [0.05, 0.1) is 0 Å². The van der Waals surface area contributed by atoms with E-state index in [9.17, 15) is 9.59 Å². The highest BCUT2D eigenvalue weighted by Crippen LogP contribution is 2.29. The van der Waals surface area contributed by atoms with Crippen LogP contribution < -0.4 is 0 Å². The van der Waals surface area contributed by atoms with E-state index in [-0.39, 0.29) is 16.8 Å². The second kappa shape index (κ2) is 4.83. The summed E-state index contributed by atoms with van der Waals surface area (Å²) in [6, 6.07) is 6.94. The molecule has 1 saturated carbocycles. The van der Waals surface area contributed by atoms with Crippen LogP contribution in [0.1, 0.15) is 46.4 Å². The molecule has 0 unspecified atom stereocenters. The Labute approximate surface area is 100 Å². The summed E-state index contributed by atoms with van der Waals surface area (Å²) in [6.07, 6.45) is 4.14. The molecule has 2 nitrogen and oxygen atoms in total. The van der Waals surface area contributed by atoms with Gasteiger partial charge in [-0.05, 0) is 18.9 Å². The van der Waals surface area contributed by atoms with E-state index in [0.717, 1.165) is 25.7 Å². The normalized spacial score (nSPS) is 16.3. The molecule has 1 fully saturated rings. The van der Waals surface area contributed by atoms with Gasteiger partial charge < -0.3 is 0 Å². The molecule has 1 aliphatic rings. The summed E-state index contributed by atoms with van der Waals surface area (Å²) in [4.78, 5) is 23.5. The molecule has 1 aromatic carbocycles. The van der Waals surface area contributed by atoms with Crippen molar-refractivity contribution in [1.29, 1.82) is 0 Å². The summed E-state index contributed by atoms with van der Waals surface area (Å²) in [5.74, 6) is 0.212. The summed E-state index contributed by atoms with van der Waals surface area (Å²) in [5.41, 5.74) is 0.970. The molecule has 0 bridgehead atoms. The number of Topliss-reactive ketones (excluding diaryl/α,β-unsaturated/α-hetero) is 1. The zero-order valence-corrected chi connectivity index (χ0v) is 9.87. The van der Waals surface area contributed by atoms with E-state index in [4.69, 9.17) is 0 Å². The van der Waals surface area contributed by atoms with Crippen LogP contribution in [0.15, 0.2) is 24.3 Å². The number of hydrogen-bond donors (Lipinski definition) is 1. The quantitative estimate of drug-likeness (QED) is 0.644. The molecule has 0 saturated heterocycles. The lowest BCUT2D eigenvalue weighted by Gasteiger charge is -2.10. The number of carbonyl (C=O) groups is 2. The third-order valence-electron chi connectivity index (χ3n) is 3.15. The first-order valence-corrected chi connectivity index (χ1v) is 6.01. The first kappa shape index (κ1) is 11.4. The topological polar surface area (TPSA) is 34.1 Å². The fraction of sp³-hybridized carbons (Fsp3) is 0.385. The van der Waals surface area contributed by atoms with Crippen molar-refractivity contribution >= 4 is 23.5 Å². The fourth-order valence-electron chi connectivity index (χ4n) is 2.29. The van der Waals surface area contributed by atoms with Gasteiger partial charge in [-0.25, -0.2) is 0 Å². The third kappa shape index (κ3) is 2.19. The van der Waals surface area contributed by atoms with Gasteiger partial charge in [0.15, 0.2) is 5.78 Å². The van der Waals surface area contributed by atoms with Crippen LogP contribution in [0.2, 0.25) is 0 Å². The van der Waals surface area contributed by atoms with Crippen molar-refractivity contribution < 1.29 is 9.59 Å². The van der Waals surface area contributed by atoms with Gasteiger partial charge in [-0.15, -0.1) is 12.6 Å². The van der Waals surface area contributed by atoms with E-state index in [2.05, 4.69) is 12.6 Å². The van der Waals surface area contributed by atoms with E-state index >= 15 is 0 Å². The first-order chi connectivity index (χ1) is 7.70. The predicted molar refractivity (Wildman–Crippen MR) is 66.0 cm³/mol. The monoisotopic (exact) mass is 234 g/mol. The van der Waals surface area contributed by atoms with Crippen molar-refractivity contribution in [2.24, 2.45) is 5.92 Å². The van der Waals surface area contributed by atoms with Gasteiger partial charge in [0.2, 0.25) is 5.12 Å². The van der Waals surface area contributed by atoms with Gasteiger partial charge >= 0.3 is 0 Å². The number of thiol groups is 1. The smallest absolute Gasteiger partial charge is 0.217 e. The fourth-order valence-corrected chi connectivity index (χ4v) is 2.49. The van der Waals surface area contributed by atoms with E-state index < -0.39 is 0 Å². The molecule has 0 heterocycles. The van der Waals surface area contributed by atoms with Crippen LogP contribution in [0.5, 0.6) is 0 Å². The van der Waals surface area contributed by atoms with Crippen LogP contribution in [0, 0.1) is 5.92 Å². The summed E-state index contributed by atoms with van der Waals surface area (Å²) < 4.78 is 0. The Morgan fingerprint density at radius 1 is 1.06 bits per heavy atom. The highest BCUT2D eigenvalue weighted by molar-refractivity contribution is 7.97. The Kier molecular flexibility index (Phi) is 3.44. The minimum atomic E-state index is -0.332. The SMILES string of the molecule is O=C(S)c1ccccc1C(=O)C1CCCC1.